The van der Waals surface area contributed by atoms with E-state index >= 15 is 0 Å². The molecule has 0 atom stereocenters. The van der Waals surface area contributed by atoms with Crippen LogP contribution in [-0.2, 0) is 9.47 Å². The van der Waals surface area contributed by atoms with Gasteiger partial charge in [0.15, 0.2) is 5.82 Å². The molecule has 2 N–H and O–H groups in total. The summed E-state index contributed by atoms with van der Waals surface area (Å²) in [5, 5.41) is 0.464. The summed E-state index contributed by atoms with van der Waals surface area (Å²) in [6.45, 7) is 2.47. The number of ether oxygens (including phenoxy) is 2. The van der Waals surface area contributed by atoms with Gasteiger partial charge in [0.25, 0.3) is 0 Å². The zero-order chi connectivity index (χ0) is 12.7. The predicted molar refractivity (Wildman–Crippen MR) is 67.4 cm³/mol. The molecule has 0 aliphatic carbocycles. The maximum atomic E-state index is 6.04. The SMILES string of the molecule is COCCN(CCOC)c1nc(N)ncc1Cl. The topological polar surface area (TPSA) is 73.5 Å². The first kappa shape index (κ1) is 14.0. The van der Waals surface area contributed by atoms with Crippen molar-refractivity contribution in [3.8, 4) is 0 Å². The van der Waals surface area contributed by atoms with E-state index in [1.165, 1.54) is 6.20 Å². The van der Waals surface area contributed by atoms with Gasteiger partial charge in [0.1, 0.15) is 5.02 Å². The third-order valence-electron chi connectivity index (χ3n) is 2.17. The summed E-state index contributed by atoms with van der Waals surface area (Å²) in [7, 11) is 3.29. The quantitative estimate of drug-likeness (QED) is 0.782. The van der Waals surface area contributed by atoms with Crippen molar-refractivity contribution in [2.24, 2.45) is 0 Å². The number of methoxy groups -OCH3 is 2. The number of nitrogens with two attached hydrogens (primary N) is 1. The molecule has 1 aromatic heterocycles. The largest absolute Gasteiger partial charge is 0.383 e. The van der Waals surface area contributed by atoms with Gasteiger partial charge in [0, 0.05) is 27.3 Å². The van der Waals surface area contributed by atoms with Crippen LogP contribution >= 0.6 is 11.6 Å². The van der Waals surface area contributed by atoms with E-state index in [9.17, 15) is 0 Å². The van der Waals surface area contributed by atoms with E-state index in [0.29, 0.717) is 37.1 Å². The molecule has 0 bridgehead atoms. The number of nitrogens with zero attached hydrogens (tertiary/aromatic N) is 3. The van der Waals surface area contributed by atoms with Crippen LogP contribution in [0.4, 0.5) is 11.8 Å². The summed E-state index contributed by atoms with van der Waals surface area (Å²) >= 11 is 6.04. The second-order valence-electron chi connectivity index (χ2n) is 3.37. The minimum Gasteiger partial charge on any atom is -0.383 e. The first-order chi connectivity index (χ1) is 8.19. The number of rotatable bonds is 7. The van der Waals surface area contributed by atoms with Gasteiger partial charge in [-0.05, 0) is 0 Å². The van der Waals surface area contributed by atoms with Crippen molar-refractivity contribution in [3.63, 3.8) is 0 Å². The number of anilines is 2. The molecule has 7 heteroatoms. The summed E-state index contributed by atoms with van der Waals surface area (Å²) < 4.78 is 10.1. The van der Waals surface area contributed by atoms with Crippen LogP contribution in [0.2, 0.25) is 5.02 Å². The van der Waals surface area contributed by atoms with Crippen LogP contribution in [0.5, 0.6) is 0 Å². The van der Waals surface area contributed by atoms with Gasteiger partial charge in [0.2, 0.25) is 5.95 Å². The Morgan fingerprint density at radius 3 is 2.41 bits per heavy atom. The third kappa shape index (κ3) is 4.33. The second-order valence-corrected chi connectivity index (χ2v) is 3.78. The maximum absolute atomic E-state index is 6.04. The van der Waals surface area contributed by atoms with Gasteiger partial charge in [-0.15, -0.1) is 0 Å². The highest BCUT2D eigenvalue weighted by Gasteiger charge is 2.12. The van der Waals surface area contributed by atoms with E-state index in [0.717, 1.165) is 0 Å². The van der Waals surface area contributed by atoms with Crippen molar-refractivity contribution in [2.75, 3.05) is 51.2 Å². The van der Waals surface area contributed by atoms with Crippen LogP contribution in [-0.4, -0.2) is 50.5 Å². The van der Waals surface area contributed by atoms with Gasteiger partial charge in [-0.3, -0.25) is 0 Å². The van der Waals surface area contributed by atoms with Crippen molar-refractivity contribution < 1.29 is 9.47 Å². The molecule has 96 valence electrons. The first-order valence-corrected chi connectivity index (χ1v) is 5.57. The van der Waals surface area contributed by atoms with E-state index in [1.807, 2.05) is 4.90 Å². The van der Waals surface area contributed by atoms with E-state index in [2.05, 4.69) is 9.97 Å². The van der Waals surface area contributed by atoms with Crippen molar-refractivity contribution in [1.82, 2.24) is 9.97 Å². The monoisotopic (exact) mass is 260 g/mol. The molecule has 0 spiro atoms. The molecule has 1 rings (SSSR count). The highest BCUT2D eigenvalue weighted by Crippen LogP contribution is 2.22. The van der Waals surface area contributed by atoms with Gasteiger partial charge in [-0.2, -0.15) is 4.98 Å². The Kier molecular flexibility index (Phi) is 5.96. The molecule has 6 nitrogen and oxygen atoms in total. The van der Waals surface area contributed by atoms with Gasteiger partial charge < -0.3 is 20.1 Å². The number of nitrogen functional groups attached to an aromatic ring is 1. The van der Waals surface area contributed by atoms with E-state index in [1.54, 1.807) is 14.2 Å². The Balaban J connectivity index is 2.82. The first-order valence-electron chi connectivity index (χ1n) is 5.20. The fraction of sp³-hybridized carbons (Fsp3) is 0.600. The van der Waals surface area contributed by atoms with Gasteiger partial charge in [0.05, 0.1) is 19.4 Å². The molecule has 0 aromatic carbocycles. The molecule has 0 amide bonds. The minimum atomic E-state index is 0.198. The lowest BCUT2D eigenvalue weighted by Gasteiger charge is -2.23. The Labute approximate surface area is 106 Å². The van der Waals surface area contributed by atoms with E-state index in [4.69, 9.17) is 26.8 Å². The number of hydrogen-bond acceptors (Lipinski definition) is 6. The summed E-state index contributed by atoms with van der Waals surface area (Å²) in [6.07, 6.45) is 1.49. The molecule has 0 fully saturated rings. The minimum absolute atomic E-state index is 0.198. The van der Waals surface area contributed by atoms with Gasteiger partial charge >= 0.3 is 0 Å². The normalized spacial score (nSPS) is 10.5. The third-order valence-corrected chi connectivity index (χ3v) is 2.44. The highest BCUT2D eigenvalue weighted by atomic mass is 35.5. The number of halogens is 1. The fourth-order valence-corrected chi connectivity index (χ4v) is 1.53. The molecule has 1 heterocycles. The molecule has 0 unspecified atom stereocenters. The van der Waals surface area contributed by atoms with Crippen molar-refractivity contribution in [1.29, 1.82) is 0 Å². The van der Waals surface area contributed by atoms with Crippen LogP contribution in [0.3, 0.4) is 0 Å². The Morgan fingerprint density at radius 1 is 1.29 bits per heavy atom. The summed E-state index contributed by atoms with van der Waals surface area (Å²) in [6, 6.07) is 0. The molecule has 17 heavy (non-hydrogen) atoms. The molecule has 0 aliphatic rings. The average molecular weight is 261 g/mol. The smallest absolute Gasteiger partial charge is 0.222 e. The van der Waals surface area contributed by atoms with E-state index in [-0.39, 0.29) is 5.95 Å². The van der Waals surface area contributed by atoms with Crippen LogP contribution < -0.4 is 10.6 Å². The van der Waals surface area contributed by atoms with Gasteiger partial charge in [-0.25, -0.2) is 4.98 Å². The van der Waals surface area contributed by atoms with Crippen LogP contribution in [0, 0.1) is 0 Å². The lowest BCUT2D eigenvalue weighted by Crippen LogP contribution is -2.31. The molecular weight excluding hydrogens is 244 g/mol. The van der Waals surface area contributed by atoms with Crippen LogP contribution in [0.15, 0.2) is 6.20 Å². The molecular formula is C10H17ClN4O2. The lowest BCUT2D eigenvalue weighted by molar-refractivity contribution is 0.190. The standard InChI is InChI=1S/C10H17ClN4O2/c1-16-5-3-15(4-6-17-2)9-8(11)7-13-10(12)14-9/h7H,3-6H2,1-2H3,(H2,12,13,14). The number of aromatic nitrogens is 2. The number of hydrogen-bond donors (Lipinski definition) is 1. The maximum Gasteiger partial charge on any atom is 0.222 e. The summed E-state index contributed by atoms with van der Waals surface area (Å²) in [5.74, 6) is 0.803. The zero-order valence-corrected chi connectivity index (χ0v) is 10.8. The zero-order valence-electron chi connectivity index (χ0n) is 10.0. The van der Waals surface area contributed by atoms with Gasteiger partial charge in [-0.1, -0.05) is 11.6 Å². The van der Waals surface area contributed by atoms with E-state index < -0.39 is 0 Å². The van der Waals surface area contributed by atoms with Crippen molar-refractivity contribution >= 4 is 23.4 Å². The average Bonchev–Trinajstić information content (AvgIpc) is 2.33. The second kappa shape index (κ2) is 7.26. The lowest BCUT2D eigenvalue weighted by atomic mass is 10.4. The van der Waals surface area contributed by atoms with Crippen LogP contribution in [0.1, 0.15) is 0 Å². The molecule has 0 saturated heterocycles. The molecule has 1 aromatic rings. The Bertz CT molecular complexity index is 343. The fourth-order valence-electron chi connectivity index (χ4n) is 1.32. The Morgan fingerprint density at radius 2 is 1.88 bits per heavy atom. The molecule has 0 aliphatic heterocycles. The molecule has 0 radical (unpaired) electrons. The highest BCUT2D eigenvalue weighted by molar-refractivity contribution is 6.32. The van der Waals surface area contributed by atoms with Crippen molar-refractivity contribution in [3.05, 3.63) is 11.2 Å². The van der Waals surface area contributed by atoms with Crippen molar-refractivity contribution in [2.45, 2.75) is 0 Å². The van der Waals surface area contributed by atoms with Crippen LogP contribution in [0.25, 0.3) is 0 Å². The summed E-state index contributed by atoms with van der Waals surface area (Å²) in [5.41, 5.74) is 5.55. The summed E-state index contributed by atoms with van der Waals surface area (Å²) in [4.78, 5) is 9.91. The molecule has 0 saturated carbocycles. The predicted octanol–water partition coefficient (Wildman–Crippen LogP) is 0.811. The Hall–Kier alpha value is -1.11.